The normalized spacial score (nSPS) is 11.2. The third kappa shape index (κ3) is 3.08. The van der Waals surface area contributed by atoms with E-state index in [-0.39, 0.29) is 12.3 Å². The summed E-state index contributed by atoms with van der Waals surface area (Å²) in [4.78, 5) is 31.4. The maximum absolute atomic E-state index is 13.9. The van der Waals surface area contributed by atoms with Crippen molar-refractivity contribution < 1.29 is 13.9 Å². The largest absolute Gasteiger partial charge is 0.481 e. The van der Waals surface area contributed by atoms with Gasteiger partial charge in [-0.15, -0.1) is 0 Å². The summed E-state index contributed by atoms with van der Waals surface area (Å²) < 4.78 is 21.8. The fourth-order valence-electron chi connectivity index (χ4n) is 3.49. The predicted molar refractivity (Wildman–Crippen MR) is 111 cm³/mol. The minimum atomic E-state index is -0.410. The second-order valence-electron chi connectivity index (χ2n) is 7.13. The van der Waals surface area contributed by atoms with Crippen molar-refractivity contribution in [1.29, 1.82) is 0 Å². The lowest BCUT2D eigenvalue weighted by molar-refractivity contribution is -0.128. The average molecular weight is 409 g/mol. The summed E-state index contributed by atoms with van der Waals surface area (Å²) in [6.07, 6.45) is 1.46. The van der Waals surface area contributed by atoms with Crippen molar-refractivity contribution in [2.75, 3.05) is 21.2 Å². The molecule has 0 spiro atoms. The third-order valence-electron chi connectivity index (χ3n) is 5.06. The second-order valence-corrected chi connectivity index (χ2v) is 7.13. The first-order chi connectivity index (χ1) is 14.3. The van der Waals surface area contributed by atoms with Gasteiger partial charge in [-0.05, 0) is 24.3 Å². The van der Waals surface area contributed by atoms with E-state index in [1.807, 2.05) is 0 Å². The number of carbonyl (C=O) groups excluding carboxylic acids is 1. The van der Waals surface area contributed by atoms with E-state index in [9.17, 15) is 14.0 Å². The molecule has 9 heteroatoms. The van der Waals surface area contributed by atoms with E-state index < -0.39 is 11.4 Å². The van der Waals surface area contributed by atoms with E-state index in [4.69, 9.17) is 4.74 Å². The van der Waals surface area contributed by atoms with Crippen LogP contribution in [-0.4, -0.2) is 51.3 Å². The second kappa shape index (κ2) is 7.25. The van der Waals surface area contributed by atoms with Crippen molar-refractivity contribution in [3.8, 4) is 11.6 Å². The Labute approximate surface area is 171 Å². The van der Waals surface area contributed by atoms with E-state index in [1.54, 1.807) is 43.9 Å². The summed E-state index contributed by atoms with van der Waals surface area (Å²) in [7, 11) is 6.50. The highest BCUT2D eigenvalue weighted by molar-refractivity contribution is 6.09. The molecule has 0 bridgehead atoms. The van der Waals surface area contributed by atoms with Crippen molar-refractivity contribution in [2.45, 2.75) is 6.42 Å². The number of likely N-dealkylation sites (N-methyl/N-ethyl adjacent to an activating group) is 1. The lowest BCUT2D eigenvalue weighted by atomic mass is 10.1. The molecule has 1 amide bonds. The number of rotatable bonds is 4. The van der Waals surface area contributed by atoms with Gasteiger partial charge in [0.2, 0.25) is 11.8 Å². The molecule has 0 aliphatic heterocycles. The minimum Gasteiger partial charge on any atom is -0.481 e. The molecule has 8 nitrogen and oxygen atoms in total. The number of ether oxygens (including phenoxy) is 1. The lowest BCUT2D eigenvalue weighted by Gasteiger charge is -2.13. The number of pyridine rings is 1. The van der Waals surface area contributed by atoms with Crippen LogP contribution in [0.5, 0.6) is 5.88 Å². The predicted octanol–water partition coefficient (Wildman–Crippen LogP) is 2.05. The SMILES string of the molecule is COc1ccc(-n2nc(CC(=O)N(C)C)c3c4ccc(F)cc4n(C)c3c2=O)cn1. The number of nitrogens with zero attached hydrogens (tertiary/aromatic N) is 5. The van der Waals surface area contributed by atoms with Gasteiger partial charge in [0.25, 0.3) is 5.56 Å². The summed E-state index contributed by atoms with van der Waals surface area (Å²) in [6, 6.07) is 7.59. The Morgan fingerprint density at radius 3 is 2.63 bits per heavy atom. The Morgan fingerprint density at radius 1 is 1.23 bits per heavy atom. The number of carbonyl (C=O) groups is 1. The van der Waals surface area contributed by atoms with Crippen molar-refractivity contribution >= 4 is 27.7 Å². The number of fused-ring (bicyclic) bond motifs is 3. The number of halogens is 1. The standard InChI is InChI=1S/C21H20FN5O3/c1-25(2)18(28)10-15-19-14-7-5-12(22)9-16(14)26(3)20(19)21(29)27(24-15)13-6-8-17(30-4)23-11-13/h5-9,11H,10H2,1-4H3. The van der Waals surface area contributed by atoms with Crippen molar-refractivity contribution in [2.24, 2.45) is 7.05 Å². The number of methoxy groups -OCH3 is 1. The number of amides is 1. The van der Waals surface area contributed by atoms with Gasteiger partial charge in [-0.25, -0.2) is 9.37 Å². The number of hydrogen-bond donors (Lipinski definition) is 0. The Hall–Kier alpha value is -3.75. The molecule has 0 saturated heterocycles. The van der Waals surface area contributed by atoms with Crippen molar-refractivity contribution in [1.82, 2.24) is 24.2 Å². The molecule has 0 aliphatic carbocycles. The molecule has 1 aromatic carbocycles. The van der Waals surface area contributed by atoms with Gasteiger partial charge in [0.05, 0.1) is 36.6 Å². The van der Waals surface area contributed by atoms with Gasteiger partial charge in [-0.3, -0.25) is 9.59 Å². The molecular weight excluding hydrogens is 389 g/mol. The van der Waals surface area contributed by atoms with Crippen molar-refractivity contribution in [3.05, 3.63) is 58.4 Å². The molecule has 0 radical (unpaired) electrons. The smallest absolute Gasteiger partial charge is 0.296 e. The van der Waals surface area contributed by atoms with Crippen LogP contribution in [0.15, 0.2) is 41.3 Å². The van der Waals surface area contributed by atoms with Crippen LogP contribution in [0.25, 0.3) is 27.5 Å². The van der Waals surface area contributed by atoms with Gasteiger partial charge in [0, 0.05) is 38.0 Å². The van der Waals surface area contributed by atoms with E-state index >= 15 is 0 Å². The fourth-order valence-corrected chi connectivity index (χ4v) is 3.49. The molecular formula is C21H20FN5O3. The van der Waals surface area contributed by atoms with Crippen LogP contribution in [0, 0.1) is 5.82 Å². The van der Waals surface area contributed by atoms with E-state index in [0.29, 0.717) is 39.1 Å². The fraction of sp³-hybridized carbons (Fsp3) is 0.238. The van der Waals surface area contributed by atoms with Gasteiger partial charge < -0.3 is 14.2 Å². The van der Waals surface area contributed by atoms with Crippen molar-refractivity contribution in [3.63, 3.8) is 0 Å². The van der Waals surface area contributed by atoms with Crippen LogP contribution in [0.3, 0.4) is 0 Å². The monoisotopic (exact) mass is 409 g/mol. The quantitative estimate of drug-likeness (QED) is 0.515. The van der Waals surface area contributed by atoms with Gasteiger partial charge in [0.15, 0.2) is 0 Å². The zero-order chi connectivity index (χ0) is 21.6. The van der Waals surface area contributed by atoms with Gasteiger partial charge >= 0.3 is 0 Å². The van der Waals surface area contributed by atoms with Gasteiger partial charge in [-0.2, -0.15) is 9.78 Å². The van der Waals surface area contributed by atoms with E-state index in [0.717, 1.165) is 0 Å². The molecule has 3 heterocycles. The molecule has 0 saturated carbocycles. The highest BCUT2D eigenvalue weighted by atomic mass is 19.1. The number of aromatic nitrogens is 4. The maximum Gasteiger partial charge on any atom is 0.296 e. The number of aryl methyl sites for hydroxylation is 1. The van der Waals surface area contributed by atoms with Crippen LogP contribution in [-0.2, 0) is 18.3 Å². The molecule has 0 fully saturated rings. The summed E-state index contributed by atoms with van der Waals surface area (Å²) >= 11 is 0. The summed E-state index contributed by atoms with van der Waals surface area (Å²) in [6.45, 7) is 0. The molecule has 0 aliphatic rings. The zero-order valence-electron chi connectivity index (χ0n) is 17.0. The highest BCUT2D eigenvalue weighted by Crippen LogP contribution is 2.29. The first kappa shape index (κ1) is 19.6. The minimum absolute atomic E-state index is 0.0101. The Morgan fingerprint density at radius 2 is 2.00 bits per heavy atom. The number of hydrogen-bond acceptors (Lipinski definition) is 5. The molecule has 4 aromatic rings. The molecule has 0 atom stereocenters. The van der Waals surface area contributed by atoms with E-state index in [2.05, 4.69) is 10.1 Å². The third-order valence-corrected chi connectivity index (χ3v) is 5.06. The van der Waals surface area contributed by atoms with Crippen LogP contribution in [0.4, 0.5) is 4.39 Å². The van der Waals surface area contributed by atoms with Crippen LogP contribution in [0.1, 0.15) is 5.69 Å². The van der Waals surface area contributed by atoms with Crippen LogP contribution in [0.2, 0.25) is 0 Å². The van der Waals surface area contributed by atoms with Gasteiger partial charge in [-0.1, -0.05) is 0 Å². The maximum atomic E-state index is 13.9. The van der Waals surface area contributed by atoms with E-state index in [1.165, 1.54) is 35.0 Å². The Kier molecular flexibility index (Phi) is 4.73. The average Bonchev–Trinajstić information content (AvgIpc) is 3.02. The highest BCUT2D eigenvalue weighted by Gasteiger charge is 2.22. The van der Waals surface area contributed by atoms with Crippen LogP contribution >= 0.6 is 0 Å². The lowest BCUT2D eigenvalue weighted by Crippen LogP contribution is -2.28. The molecule has 154 valence electrons. The Balaban J connectivity index is 2.08. The first-order valence-electron chi connectivity index (χ1n) is 9.22. The summed E-state index contributed by atoms with van der Waals surface area (Å²) in [5, 5.41) is 5.72. The van der Waals surface area contributed by atoms with Crippen LogP contribution < -0.4 is 10.3 Å². The molecule has 0 unspecified atom stereocenters. The molecule has 3 aromatic heterocycles. The summed E-state index contributed by atoms with van der Waals surface area (Å²) in [5.41, 5.74) is 1.35. The topological polar surface area (TPSA) is 82.3 Å². The molecule has 0 N–H and O–H groups in total. The van der Waals surface area contributed by atoms with Gasteiger partial charge in [0.1, 0.15) is 11.3 Å². The molecule has 4 rings (SSSR count). The number of benzene rings is 1. The molecule has 30 heavy (non-hydrogen) atoms. The Bertz CT molecular complexity index is 1340. The zero-order valence-corrected chi connectivity index (χ0v) is 17.0. The first-order valence-corrected chi connectivity index (χ1v) is 9.22. The summed E-state index contributed by atoms with van der Waals surface area (Å²) in [5.74, 6) is -0.177.